The van der Waals surface area contributed by atoms with Crippen LogP contribution in [0.4, 0.5) is 0 Å². The Bertz CT molecular complexity index is 1010. The van der Waals surface area contributed by atoms with Crippen molar-refractivity contribution in [3.8, 4) is 5.75 Å². The lowest BCUT2D eigenvalue weighted by Crippen LogP contribution is -2.24. The minimum atomic E-state index is -0.449. The van der Waals surface area contributed by atoms with E-state index in [2.05, 4.69) is 0 Å². The van der Waals surface area contributed by atoms with Gasteiger partial charge in [0.15, 0.2) is 0 Å². The highest BCUT2D eigenvalue weighted by molar-refractivity contribution is 5.89. The fourth-order valence-electron chi connectivity index (χ4n) is 4.09. The lowest BCUT2D eigenvalue weighted by atomic mass is 9.91. The van der Waals surface area contributed by atoms with Gasteiger partial charge in [0.25, 0.3) is 0 Å². The average molecular weight is 418 g/mol. The summed E-state index contributed by atoms with van der Waals surface area (Å²) in [5.41, 5.74) is 0.787. The van der Waals surface area contributed by atoms with Crippen molar-refractivity contribution in [2.24, 2.45) is 11.8 Å². The highest BCUT2D eigenvalue weighted by atomic mass is 16.6. The van der Waals surface area contributed by atoms with Gasteiger partial charge < -0.3 is 14.2 Å². The van der Waals surface area contributed by atoms with E-state index >= 15 is 0 Å². The number of hydrogen-bond donors (Lipinski definition) is 0. The van der Waals surface area contributed by atoms with E-state index in [1.165, 1.54) is 0 Å². The van der Waals surface area contributed by atoms with Crippen LogP contribution in [0.2, 0.25) is 0 Å². The van der Waals surface area contributed by atoms with E-state index in [4.69, 9.17) is 14.2 Å². The second-order valence-corrected chi connectivity index (χ2v) is 7.61. The van der Waals surface area contributed by atoms with E-state index in [1.807, 2.05) is 36.3 Å². The zero-order chi connectivity index (χ0) is 21.6. The van der Waals surface area contributed by atoms with Crippen molar-refractivity contribution >= 4 is 17.9 Å². The average Bonchev–Trinajstić information content (AvgIpc) is 3.30. The second kappa shape index (κ2) is 9.45. The van der Waals surface area contributed by atoms with Gasteiger partial charge in [0, 0.05) is 18.3 Å². The third-order valence-electron chi connectivity index (χ3n) is 5.61. The smallest absolute Gasteiger partial charge is 0.338 e. The molecule has 0 amide bonds. The molecule has 0 bridgehead atoms. The van der Waals surface area contributed by atoms with Gasteiger partial charge in [0.2, 0.25) is 0 Å². The Hall–Kier alpha value is -3.63. The Balaban J connectivity index is 1.46. The summed E-state index contributed by atoms with van der Waals surface area (Å²) in [5.74, 6) is 1.53. The maximum atomic E-state index is 12.5. The number of para-hydroxylation sites is 1. The summed E-state index contributed by atoms with van der Waals surface area (Å²) >= 11 is 0. The van der Waals surface area contributed by atoms with Crippen molar-refractivity contribution in [1.29, 1.82) is 0 Å². The van der Waals surface area contributed by atoms with Gasteiger partial charge in [-0.25, -0.2) is 9.59 Å². The van der Waals surface area contributed by atoms with E-state index in [0.717, 1.165) is 0 Å². The van der Waals surface area contributed by atoms with E-state index in [1.54, 1.807) is 42.5 Å². The summed E-state index contributed by atoms with van der Waals surface area (Å²) < 4.78 is 16.8. The molecule has 1 aliphatic heterocycles. The largest absolute Gasteiger partial charge is 0.488 e. The second-order valence-electron chi connectivity index (χ2n) is 7.61. The van der Waals surface area contributed by atoms with Crippen LogP contribution in [0.25, 0.3) is 0 Å². The summed E-state index contributed by atoms with van der Waals surface area (Å²) in [7, 11) is 0. The minimum Gasteiger partial charge on any atom is -0.488 e. The number of esters is 2. The van der Waals surface area contributed by atoms with Gasteiger partial charge >= 0.3 is 11.9 Å². The van der Waals surface area contributed by atoms with Crippen LogP contribution >= 0.6 is 0 Å². The Labute approximate surface area is 180 Å². The first-order valence-corrected chi connectivity index (χ1v) is 10.2. The van der Waals surface area contributed by atoms with Crippen LogP contribution in [0, 0.1) is 11.8 Å². The van der Waals surface area contributed by atoms with Crippen LogP contribution in [-0.4, -0.2) is 36.7 Å². The van der Waals surface area contributed by atoms with Crippen LogP contribution in [-0.2, 0) is 19.1 Å². The van der Waals surface area contributed by atoms with Gasteiger partial charge in [-0.1, -0.05) is 42.5 Å². The highest BCUT2D eigenvalue weighted by Crippen LogP contribution is 2.43. The quantitative estimate of drug-likeness (QED) is 0.389. The molecule has 1 heterocycles. The van der Waals surface area contributed by atoms with E-state index in [-0.39, 0.29) is 36.9 Å². The molecular weight excluding hydrogens is 396 g/mol. The molecule has 2 aromatic carbocycles. The van der Waals surface area contributed by atoms with Crippen molar-refractivity contribution in [3.63, 3.8) is 0 Å². The molecule has 158 valence electrons. The van der Waals surface area contributed by atoms with Gasteiger partial charge in [-0.05, 0) is 30.3 Å². The molecule has 0 aromatic heterocycles. The van der Waals surface area contributed by atoms with Gasteiger partial charge in [0.1, 0.15) is 30.5 Å². The van der Waals surface area contributed by atoms with Crippen molar-refractivity contribution in [3.05, 3.63) is 84.0 Å². The predicted octanol–water partition coefficient (Wildman–Crippen LogP) is 3.56. The first kappa shape index (κ1) is 20.6. The summed E-state index contributed by atoms with van der Waals surface area (Å²) in [6, 6.07) is 17.9. The van der Waals surface area contributed by atoms with Crippen LogP contribution < -0.4 is 4.74 Å². The Morgan fingerprint density at radius 1 is 1.10 bits per heavy atom. The first-order valence-electron chi connectivity index (χ1n) is 10.2. The molecule has 0 spiro atoms. The van der Waals surface area contributed by atoms with Crippen LogP contribution in [0.3, 0.4) is 0 Å². The highest BCUT2D eigenvalue weighted by Gasteiger charge is 2.50. The summed E-state index contributed by atoms with van der Waals surface area (Å²) in [4.78, 5) is 35.7. The molecule has 4 atom stereocenters. The molecule has 31 heavy (non-hydrogen) atoms. The monoisotopic (exact) mass is 418 g/mol. The zero-order valence-corrected chi connectivity index (χ0v) is 16.8. The Kier molecular flexibility index (Phi) is 6.29. The first-order chi connectivity index (χ1) is 15.1. The third kappa shape index (κ3) is 4.93. The van der Waals surface area contributed by atoms with Gasteiger partial charge in [-0.3, -0.25) is 4.79 Å². The molecular formula is C25H22O6. The summed E-state index contributed by atoms with van der Waals surface area (Å²) in [6.45, 7) is 0.0642. The molecule has 2 fully saturated rings. The molecule has 0 radical (unpaired) electrons. The normalized spacial score (nSPS) is 24.3. The minimum absolute atomic E-state index is 0.0642. The molecule has 2 aromatic rings. The number of hydrogen-bond acceptors (Lipinski definition) is 6. The van der Waals surface area contributed by atoms with Crippen molar-refractivity contribution in [2.45, 2.75) is 25.0 Å². The predicted molar refractivity (Wildman–Crippen MR) is 112 cm³/mol. The lowest BCUT2D eigenvalue weighted by Gasteiger charge is -2.20. The van der Waals surface area contributed by atoms with Crippen LogP contribution in [0.5, 0.6) is 5.75 Å². The maximum absolute atomic E-state index is 12.5. The summed E-state index contributed by atoms with van der Waals surface area (Å²) in [5, 5.41) is 0. The number of benzene rings is 2. The molecule has 0 N–H and O–H groups in total. The van der Waals surface area contributed by atoms with Gasteiger partial charge in [-0.15, -0.1) is 0 Å². The molecule has 1 aliphatic carbocycles. The molecule has 0 unspecified atom stereocenters. The van der Waals surface area contributed by atoms with Crippen molar-refractivity contribution < 1.29 is 28.6 Å². The van der Waals surface area contributed by atoms with E-state index in [9.17, 15) is 14.4 Å². The molecule has 1 saturated carbocycles. The van der Waals surface area contributed by atoms with E-state index in [0.29, 0.717) is 23.3 Å². The molecule has 2 aliphatic rings. The number of carbonyl (C=O) groups is 2. The lowest BCUT2D eigenvalue weighted by molar-refractivity contribution is -0.141. The Morgan fingerprint density at radius 3 is 2.52 bits per heavy atom. The number of rotatable bonds is 7. The van der Waals surface area contributed by atoms with Crippen molar-refractivity contribution in [2.75, 3.05) is 6.61 Å². The van der Waals surface area contributed by atoms with Crippen molar-refractivity contribution in [1.82, 2.24) is 0 Å². The molecule has 4 rings (SSSR count). The zero-order valence-electron chi connectivity index (χ0n) is 16.8. The third-order valence-corrected chi connectivity index (χ3v) is 5.61. The Morgan fingerprint density at radius 2 is 1.81 bits per heavy atom. The molecule has 6 heteroatoms. The van der Waals surface area contributed by atoms with Crippen LogP contribution in [0.15, 0.2) is 78.4 Å². The maximum Gasteiger partial charge on any atom is 0.338 e. The number of carbonyl (C=O) groups excluding carboxylic acids is 3. The van der Waals surface area contributed by atoms with Gasteiger partial charge in [0.05, 0.1) is 17.6 Å². The fraction of sp³-hybridized carbons (Fsp3) is 0.280. The molecule has 1 saturated heterocycles. The fourth-order valence-corrected chi connectivity index (χ4v) is 4.09. The van der Waals surface area contributed by atoms with E-state index < -0.39 is 12.1 Å². The SMILES string of the molecule is O=C=C(/C=C/[C@H]1[C@@H]2CC(=O)O[C@@H]2C[C@@H]1OC(=O)c1ccccc1)COc1ccccc1. The standard InChI is InChI=1S/C25H22O6/c26-15-17(16-29-19-9-5-2-6-10-19)11-12-20-21-13-24(27)30-23(21)14-22(20)31-25(28)18-7-3-1-4-8-18/h1-12,20-23H,13-14,16H2/b12-11+/t20-,21-,22-,23+/m0/s1. The van der Waals surface area contributed by atoms with Crippen LogP contribution in [0.1, 0.15) is 23.2 Å². The molecule has 6 nitrogen and oxygen atoms in total. The van der Waals surface area contributed by atoms with Gasteiger partial charge in [-0.2, -0.15) is 0 Å². The summed E-state index contributed by atoms with van der Waals surface area (Å²) in [6.07, 6.45) is 3.40. The topological polar surface area (TPSA) is 78.9 Å². The number of ether oxygens (including phenoxy) is 3. The number of fused-ring (bicyclic) bond motifs is 1.